The molecule has 1 aromatic carbocycles. The van der Waals surface area contributed by atoms with E-state index >= 15 is 0 Å². The van der Waals surface area contributed by atoms with Gasteiger partial charge in [0, 0.05) is 37.8 Å². The van der Waals surface area contributed by atoms with Gasteiger partial charge in [-0.25, -0.2) is 4.99 Å². The summed E-state index contributed by atoms with van der Waals surface area (Å²) in [6, 6.07) is 7.22. The Labute approximate surface area is 165 Å². The Balaban J connectivity index is 2.29. The normalized spacial score (nSPS) is 16.7. The van der Waals surface area contributed by atoms with Crippen LogP contribution < -0.4 is 0 Å². The van der Waals surface area contributed by atoms with Crippen LogP contribution in [0.2, 0.25) is 6.04 Å². The van der Waals surface area contributed by atoms with Crippen molar-refractivity contribution in [1.82, 2.24) is 0 Å². The van der Waals surface area contributed by atoms with Crippen LogP contribution in [0.5, 0.6) is 0 Å². The van der Waals surface area contributed by atoms with E-state index in [-0.39, 0.29) is 5.54 Å². The topological polar surface area (TPSA) is 49.3 Å². The summed E-state index contributed by atoms with van der Waals surface area (Å²) in [5.41, 5.74) is 3.39. The Morgan fingerprint density at radius 2 is 1.70 bits per heavy atom. The maximum absolute atomic E-state index is 6.01. The number of rotatable bonds is 10. The van der Waals surface area contributed by atoms with Crippen molar-refractivity contribution in [2.75, 3.05) is 26.4 Å². The lowest BCUT2D eigenvalue weighted by atomic mass is 9.98. The molecule has 6 heteroatoms. The highest BCUT2D eigenvalue weighted by Gasteiger charge is 2.40. The Morgan fingerprint density at radius 1 is 1.07 bits per heavy atom. The molecule has 0 unspecified atom stereocenters. The third-order valence-electron chi connectivity index (χ3n) is 4.65. The van der Waals surface area contributed by atoms with Gasteiger partial charge in [-0.05, 0) is 59.6 Å². The van der Waals surface area contributed by atoms with Crippen LogP contribution in [0.15, 0.2) is 23.2 Å². The summed E-state index contributed by atoms with van der Waals surface area (Å²) in [6.45, 7) is 14.9. The van der Waals surface area contributed by atoms with Crippen LogP contribution in [0, 0.1) is 6.92 Å². The van der Waals surface area contributed by atoms with Crippen molar-refractivity contribution < 1.29 is 18.0 Å². The fraction of sp³-hybridized carbons (Fsp3) is 0.667. The van der Waals surface area contributed by atoms with Gasteiger partial charge in [0.25, 0.3) is 0 Å². The van der Waals surface area contributed by atoms with Crippen LogP contribution in [-0.4, -0.2) is 46.7 Å². The lowest BCUT2D eigenvalue weighted by Gasteiger charge is -2.30. The maximum atomic E-state index is 6.01. The molecule has 0 bridgehead atoms. The minimum Gasteiger partial charge on any atom is -0.477 e. The Kier molecular flexibility index (Phi) is 8.03. The summed E-state index contributed by atoms with van der Waals surface area (Å²) in [6.07, 6.45) is 1.75. The van der Waals surface area contributed by atoms with Gasteiger partial charge in [0.15, 0.2) is 0 Å². The van der Waals surface area contributed by atoms with E-state index in [2.05, 4.69) is 39.0 Å². The van der Waals surface area contributed by atoms with Gasteiger partial charge in [-0.1, -0.05) is 17.7 Å². The van der Waals surface area contributed by atoms with Crippen LogP contribution in [0.1, 0.15) is 57.7 Å². The minimum absolute atomic E-state index is 0.0882. The monoisotopic (exact) mass is 393 g/mol. The van der Waals surface area contributed by atoms with Crippen LogP contribution in [0.3, 0.4) is 0 Å². The lowest BCUT2D eigenvalue weighted by molar-refractivity contribution is 0.0714. The van der Waals surface area contributed by atoms with E-state index in [4.69, 9.17) is 23.0 Å². The number of hydrogen-bond donors (Lipinski definition) is 0. The molecule has 0 fully saturated rings. The number of aliphatic imine (C=N–C) groups is 1. The number of nitrogens with zero attached hydrogens (tertiary/aromatic N) is 1. The molecule has 0 radical (unpaired) electrons. The average Bonchev–Trinajstić information content (AvgIpc) is 2.60. The van der Waals surface area contributed by atoms with E-state index in [9.17, 15) is 0 Å². The predicted octanol–water partition coefficient (Wildman–Crippen LogP) is 4.53. The summed E-state index contributed by atoms with van der Waals surface area (Å²) in [4.78, 5) is 4.85. The zero-order valence-electron chi connectivity index (χ0n) is 17.8. The maximum Gasteiger partial charge on any atom is 0.501 e. The van der Waals surface area contributed by atoms with Crippen LogP contribution in [-0.2, 0) is 24.4 Å². The summed E-state index contributed by atoms with van der Waals surface area (Å²) in [5.74, 6) is 0.751. The third kappa shape index (κ3) is 6.14. The number of hydrogen-bond acceptors (Lipinski definition) is 5. The highest BCUT2D eigenvalue weighted by Crippen LogP contribution is 2.26. The van der Waals surface area contributed by atoms with Gasteiger partial charge in [-0.15, -0.1) is 0 Å². The van der Waals surface area contributed by atoms with Crippen molar-refractivity contribution in [2.24, 2.45) is 4.99 Å². The molecule has 0 atom stereocenters. The molecule has 2 rings (SSSR count). The van der Waals surface area contributed by atoms with E-state index < -0.39 is 8.80 Å². The van der Waals surface area contributed by atoms with E-state index in [0.29, 0.717) is 26.4 Å². The number of ether oxygens (including phenoxy) is 1. The molecule has 1 aromatic rings. The molecule has 0 saturated carbocycles. The van der Waals surface area contributed by atoms with Crippen LogP contribution >= 0.6 is 0 Å². The smallest absolute Gasteiger partial charge is 0.477 e. The average molecular weight is 394 g/mol. The van der Waals surface area contributed by atoms with Gasteiger partial charge in [-0.3, -0.25) is 0 Å². The zero-order chi connectivity index (χ0) is 19.9. The highest BCUT2D eigenvalue weighted by molar-refractivity contribution is 6.60. The molecule has 0 aromatic heterocycles. The second-order valence-electron chi connectivity index (χ2n) is 7.47. The van der Waals surface area contributed by atoms with Crippen molar-refractivity contribution in [3.05, 3.63) is 34.9 Å². The lowest BCUT2D eigenvalue weighted by Crippen LogP contribution is -2.46. The van der Waals surface area contributed by atoms with Crippen molar-refractivity contribution >= 4 is 14.7 Å². The zero-order valence-corrected chi connectivity index (χ0v) is 18.8. The van der Waals surface area contributed by atoms with Crippen molar-refractivity contribution in [3.63, 3.8) is 0 Å². The minimum atomic E-state index is -2.67. The first kappa shape index (κ1) is 22.1. The van der Waals surface area contributed by atoms with E-state index in [1.54, 1.807) is 0 Å². The molecule has 0 saturated heterocycles. The van der Waals surface area contributed by atoms with E-state index in [1.165, 1.54) is 11.1 Å². The molecule has 0 spiro atoms. The van der Waals surface area contributed by atoms with Crippen molar-refractivity contribution in [2.45, 2.75) is 66.0 Å². The van der Waals surface area contributed by atoms with Crippen molar-refractivity contribution in [1.29, 1.82) is 0 Å². The molecule has 0 aliphatic carbocycles. The summed E-state index contributed by atoms with van der Waals surface area (Å²) >= 11 is 0. The molecule has 1 aliphatic rings. The molecule has 5 nitrogen and oxygen atoms in total. The molecule has 0 N–H and O–H groups in total. The van der Waals surface area contributed by atoms with Crippen LogP contribution in [0.25, 0.3) is 0 Å². The third-order valence-corrected chi connectivity index (χ3v) is 7.69. The standard InChI is InChI=1S/C21H35NO4Si/c1-7-24-27(25-8-2,26-9-3)15-12-18-11-10-17(4)16-19(18)20-22-21(5,6)13-14-23-20/h10-11,16H,7-9,12-15H2,1-6H3. The Morgan fingerprint density at radius 3 is 2.26 bits per heavy atom. The second-order valence-corrected chi connectivity index (χ2v) is 10.2. The highest BCUT2D eigenvalue weighted by atomic mass is 28.4. The molecule has 1 aliphatic heterocycles. The Bertz CT molecular complexity index is 628. The molecular formula is C21H35NO4Si. The first-order chi connectivity index (χ1) is 12.8. The quantitative estimate of drug-likeness (QED) is 0.548. The molecular weight excluding hydrogens is 358 g/mol. The van der Waals surface area contributed by atoms with E-state index in [1.807, 2.05) is 20.8 Å². The van der Waals surface area contributed by atoms with Gasteiger partial charge >= 0.3 is 8.80 Å². The Hall–Kier alpha value is -1.21. The first-order valence-corrected chi connectivity index (χ1v) is 12.0. The number of aryl methyl sites for hydroxylation is 2. The molecule has 0 amide bonds. The summed E-state index contributed by atoms with van der Waals surface area (Å²) in [7, 11) is -2.67. The predicted molar refractivity (Wildman–Crippen MR) is 112 cm³/mol. The van der Waals surface area contributed by atoms with Gasteiger partial charge in [-0.2, -0.15) is 0 Å². The van der Waals surface area contributed by atoms with Gasteiger partial charge in [0.05, 0.1) is 12.1 Å². The SMILES string of the molecule is CCO[Si](CCc1ccc(C)cc1C1=NC(C)(C)CCO1)(OCC)OCC. The molecule has 27 heavy (non-hydrogen) atoms. The largest absolute Gasteiger partial charge is 0.501 e. The molecule has 1 heterocycles. The fourth-order valence-electron chi connectivity index (χ4n) is 3.29. The van der Waals surface area contributed by atoms with Crippen LogP contribution in [0.4, 0.5) is 0 Å². The van der Waals surface area contributed by atoms with Crippen molar-refractivity contribution in [3.8, 4) is 0 Å². The summed E-state index contributed by atoms with van der Waals surface area (Å²) < 4.78 is 24.0. The second kappa shape index (κ2) is 9.82. The summed E-state index contributed by atoms with van der Waals surface area (Å²) in [5, 5.41) is 0. The first-order valence-electron chi connectivity index (χ1n) is 10.1. The fourth-order valence-corrected chi connectivity index (χ4v) is 5.87. The van der Waals surface area contributed by atoms with Gasteiger partial charge in [0.2, 0.25) is 5.90 Å². The number of benzene rings is 1. The van der Waals surface area contributed by atoms with E-state index in [0.717, 1.165) is 30.3 Å². The molecule has 152 valence electrons. The van der Waals surface area contributed by atoms with Gasteiger partial charge in [0.1, 0.15) is 0 Å². The van der Waals surface area contributed by atoms with Gasteiger partial charge < -0.3 is 18.0 Å².